The molecule has 1 unspecified atom stereocenters. The maximum absolute atomic E-state index is 15.2. The van der Waals surface area contributed by atoms with E-state index in [1.165, 1.54) is 0 Å². The molecule has 2 aliphatic rings. The number of pyridine rings is 2. The van der Waals surface area contributed by atoms with Gasteiger partial charge in [0.2, 0.25) is 23.5 Å². The molecular weight excluding hydrogens is 755 g/mol. The van der Waals surface area contributed by atoms with E-state index in [2.05, 4.69) is 33.2 Å². The topological polar surface area (TPSA) is 180 Å². The van der Waals surface area contributed by atoms with Gasteiger partial charge in [0.1, 0.15) is 19.3 Å². The monoisotopic (exact) mass is 791 g/mol. The van der Waals surface area contributed by atoms with Gasteiger partial charge in [-0.1, -0.05) is 12.1 Å². The van der Waals surface area contributed by atoms with Crippen molar-refractivity contribution >= 4 is 45.4 Å². The zero-order chi connectivity index (χ0) is 39.9. The lowest BCUT2D eigenvalue weighted by Crippen LogP contribution is -2.54. The maximum atomic E-state index is 15.2. The predicted molar refractivity (Wildman–Crippen MR) is 194 cm³/mol. The Morgan fingerprint density at radius 3 is 1.95 bits per heavy atom. The third kappa shape index (κ3) is 8.58. The highest BCUT2D eigenvalue weighted by Crippen LogP contribution is 2.38. The first-order chi connectivity index (χ1) is 27.7. The van der Waals surface area contributed by atoms with E-state index < -0.39 is 70.6 Å². The summed E-state index contributed by atoms with van der Waals surface area (Å²) in [5.41, 5.74) is 1.85. The number of amides is 4. The smallest absolute Gasteiger partial charge is 0.265 e. The first-order valence-electron chi connectivity index (χ1n) is 18.0. The van der Waals surface area contributed by atoms with Gasteiger partial charge >= 0.3 is 0 Å². The van der Waals surface area contributed by atoms with Crippen molar-refractivity contribution in [3.63, 3.8) is 0 Å². The summed E-state index contributed by atoms with van der Waals surface area (Å²) in [6.07, 6.45) is 4.93. The Labute approximate surface area is 322 Å². The number of imide groups is 2. The third-order valence-corrected chi connectivity index (χ3v) is 9.21. The lowest BCUT2D eigenvalue weighted by Gasteiger charge is -2.27. The second-order valence-corrected chi connectivity index (χ2v) is 12.8. The molecule has 57 heavy (non-hydrogen) atoms. The van der Waals surface area contributed by atoms with Crippen LogP contribution in [0.15, 0.2) is 55.0 Å². The van der Waals surface area contributed by atoms with Crippen molar-refractivity contribution in [2.24, 2.45) is 0 Å². The molecule has 0 radical (unpaired) electrons. The van der Waals surface area contributed by atoms with Crippen molar-refractivity contribution in [3.8, 4) is 22.8 Å². The molecule has 2 aliphatic heterocycles. The highest BCUT2D eigenvalue weighted by Gasteiger charge is 2.49. The summed E-state index contributed by atoms with van der Waals surface area (Å²) in [5.74, 6) is -10.3. The van der Waals surface area contributed by atoms with Crippen LogP contribution in [-0.2, 0) is 28.5 Å². The van der Waals surface area contributed by atoms with Gasteiger partial charge in [-0.25, -0.2) is 13.8 Å². The van der Waals surface area contributed by atoms with Crippen molar-refractivity contribution in [1.29, 1.82) is 0 Å². The molecule has 18 heteroatoms. The summed E-state index contributed by atoms with van der Waals surface area (Å²) in [6, 6.07) is 10.4. The molecule has 4 amide bonds. The van der Waals surface area contributed by atoms with Crippen molar-refractivity contribution in [2.75, 3.05) is 66.1 Å². The minimum Gasteiger partial charge on any atom is -0.485 e. The average molecular weight is 792 g/mol. The normalized spacial score (nSPS) is 15.5. The minimum atomic E-state index is -1.81. The van der Waals surface area contributed by atoms with Crippen molar-refractivity contribution < 1.29 is 60.8 Å². The number of carbonyl (C=O) groups is 4. The van der Waals surface area contributed by atoms with E-state index in [-0.39, 0.29) is 39.3 Å². The Morgan fingerprint density at radius 2 is 1.30 bits per heavy atom. The number of carbonyl (C=O) groups excluding carboxylic acids is 4. The molecule has 2 aromatic carbocycles. The van der Waals surface area contributed by atoms with E-state index in [1.807, 2.05) is 29.7 Å². The molecule has 1 fully saturated rings. The average Bonchev–Trinajstić information content (AvgIpc) is 3.71. The number of rotatable bonds is 19. The Balaban J connectivity index is 0.719. The molecule has 0 bridgehead atoms. The molecule has 2 N–H and O–H groups in total. The Bertz CT molecular complexity index is 2300. The maximum Gasteiger partial charge on any atom is 0.265 e. The number of aromatic amines is 1. The van der Waals surface area contributed by atoms with Gasteiger partial charge in [-0.05, 0) is 30.2 Å². The van der Waals surface area contributed by atoms with E-state index in [0.717, 1.165) is 32.9 Å². The van der Waals surface area contributed by atoms with Crippen molar-refractivity contribution in [2.45, 2.75) is 18.9 Å². The quantitative estimate of drug-likeness (QED) is 0.0695. The largest absolute Gasteiger partial charge is 0.485 e. The van der Waals surface area contributed by atoms with E-state index in [4.69, 9.17) is 28.4 Å². The lowest BCUT2D eigenvalue weighted by molar-refractivity contribution is -0.136. The van der Waals surface area contributed by atoms with Gasteiger partial charge in [0.15, 0.2) is 17.4 Å². The first-order valence-corrected chi connectivity index (χ1v) is 18.0. The number of hydrogen-bond donors (Lipinski definition) is 2. The first kappa shape index (κ1) is 39.3. The molecule has 3 aromatic heterocycles. The van der Waals surface area contributed by atoms with Crippen LogP contribution >= 0.6 is 0 Å². The summed E-state index contributed by atoms with van der Waals surface area (Å²) < 4.78 is 77.3. The molecule has 15 nitrogen and oxygen atoms in total. The number of fused-ring (bicyclic) bond motifs is 4. The number of piperidine rings is 1. The molecule has 5 aromatic rings. The summed E-state index contributed by atoms with van der Waals surface area (Å²) >= 11 is 0. The predicted octanol–water partition coefficient (Wildman–Crippen LogP) is 4.12. The van der Waals surface area contributed by atoms with Crippen LogP contribution in [-0.4, -0.2) is 116 Å². The molecule has 298 valence electrons. The Kier molecular flexibility index (Phi) is 12.3. The number of nitrogens with zero attached hydrogens (tertiary/aromatic N) is 3. The zero-order valence-electron chi connectivity index (χ0n) is 30.3. The molecule has 0 spiro atoms. The molecular formula is C39H36F3N5O10. The van der Waals surface area contributed by atoms with Crippen molar-refractivity contribution in [3.05, 3.63) is 83.6 Å². The second kappa shape index (κ2) is 17.9. The van der Waals surface area contributed by atoms with Crippen molar-refractivity contribution in [1.82, 2.24) is 25.2 Å². The summed E-state index contributed by atoms with van der Waals surface area (Å²) in [6.45, 7) is 1.59. The van der Waals surface area contributed by atoms with Gasteiger partial charge in [-0.15, -0.1) is 0 Å². The standard InChI is InChI=1S/C39H36F3N5O10/c40-33-31-32(39(51)47(38(31)50)28-4-5-29(48)46-37(28)49)34(41)36(35(33)42)57-18-16-55-14-12-53-10-9-52-11-13-54-15-17-56-30-6-2-23(20-44-30)22-1-3-24-25-21-43-8-7-26(25)45-27(24)19-22/h1-3,6-8,19-21,28,45H,4-5,9-18H2,(H,46,48,49). The van der Waals surface area contributed by atoms with Gasteiger partial charge in [-0.3, -0.25) is 34.4 Å². The SMILES string of the molecule is O=C1CCC(N2C(=O)c3c(F)c(F)c(OCCOCCOCCOCCOCCOc4ccc(-c5ccc6c(c5)[nH]c5ccncc56)cn4)c(F)c3C2=O)C(=O)N1. The van der Waals surface area contributed by atoms with Gasteiger partial charge in [0, 0.05) is 58.4 Å². The molecule has 1 atom stereocenters. The minimum absolute atomic E-state index is 0.0975. The fourth-order valence-corrected chi connectivity index (χ4v) is 6.44. The number of aromatic nitrogens is 3. The summed E-state index contributed by atoms with van der Waals surface area (Å²) in [4.78, 5) is 61.7. The van der Waals surface area contributed by atoms with Gasteiger partial charge in [-0.2, -0.15) is 4.39 Å². The Hall–Kier alpha value is -5.95. The van der Waals surface area contributed by atoms with E-state index in [0.29, 0.717) is 43.8 Å². The van der Waals surface area contributed by atoms with Crippen LogP contribution in [0.3, 0.4) is 0 Å². The van der Waals surface area contributed by atoms with Crippen LogP contribution in [0.5, 0.6) is 11.6 Å². The summed E-state index contributed by atoms with van der Waals surface area (Å²) in [5, 5.41) is 4.15. The fourth-order valence-electron chi connectivity index (χ4n) is 6.44. The molecule has 0 aliphatic carbocycles. The van der Waals surface area contributed by atoms with Crippen LogP contribution in [0.25, 0.3) is 32.9 Å². The van der Waals surface area contributed by atoms with E-state index >= 15 is 4.39 Å². The lowest BCUT2D eigenvalue weighted by atomic mass is 10.0. The number of nitrogens with one attached hydrogen (secondary N) is 2. The molecule has 1 saturated heterocycles. The highest BCUT2D eigenvalue weighted by atomic mass is 19.2. The second-order valence-electron chi connectivity index (χ2n) is 12.8. The van der Waals surface area contributed by atoms with Crippen LogP contribution in [0.1, 0.15) is 33.6 Å². The number of benzene rings is 2. The number of ether oxygens (including phenoxy) is 6. The summed E-state index contributed by atoms with van der Waals surface area (Å²) in [7, 11) is 0. The highest BCUT2D eigenvalue weighted by molar-refractivity contribution is 6.24. The molecule has 0 saturated carbocycles. The molecule has 7 rings (SSSR count). The molecule has 5 heterocycles. The van der Waals surface area contributed by atoms with Crippen LogP contribution in [0.2, 0.25) is 0 Å². The number of H-pyrrole nitrogens is 1. The van der Waals surface area contributed by atoms with Gasteiger partial charge in [0.05, 0.1) is 64.0 Å². The van der Waals surface area contributed by atoms with Crippen LogP contribution in [0.4, 0.5) is 13.2 Å². The Morgan fingerprint density at radius 1 is 0.667 bits per heavy atom. The zero-order valence-corrected chi connectivity index (χ0v) is 30.3. The number of halogens is 3. The fraction of sp³-hybridized carbons (Fsp3) is 0.333. The third-order valence-electron chi connectivity index (χ3n) is 9.21. The van der Waals surface area contributed by atoms with Crippen LogP contribution in [0, 0.1) is 17.5 Å². The van der Waals surface area contributed by atoms with Gasteiger partial charge in [0.25, 0.3) is 11.8 Å². The van der Waals surface area contributed by atoms with E-state index in [1.54, 1.807) is 12.4 Å². The number of hydrogen-bond acceptors (Lipinski definition) is 12. The van der Waals surface area contributed by atoms with E-state index in [9.17, 15) is 28.0 Å². The van der Waals surface area contributed by atoms with Crippen LogP contribution < -0.4 is 14.8 Å². The van der Waals surface area contributed by atoms with Gasteiger partial charge < -0.3 is 33.4 Å².